The first-order chi connectivity index (χ1) is 12.0. The molecule has 134 valence electrons. The summed E-state index contributed by atoms with van der Waals surface area (Å²) in [6, 6.07) is 7.64. The minimum atomic E-state index is -0.0924. The van der Waals surface area contributed by atoms with E-state index in [9.17, 15) is 9.59 Å². The Morgan fingerprint density at radius 2 is 2.00 bits per heavy atom. The molecule has 0 aliphatic carbocycles. The molecule has 0 bridgehead atoms. The zero-order valence-corrected chi connectivity index (χ0v) is 15.8. The van der Waals surface area contributed by atoms with Crippen molar-refractivity contribution in [1.82, 2.24) is 10.3 Å². The summed E-state index contributed by atoms with van der Waals surface area (Å²) in [6.07, 6.45) is 2.45. The number of carbonyl (C=O) groups is 2. The molecule has 0 radical (unpaired) electrons. The van der Waals surface area contributed by atoms with Crippen molar-refractivity contribution in [3.63, 3.8) is 0 Å². The minimum Gasteiger partial charge on any atom is -0.355 e. The first-order valence-electron chi connectivity index (χ1n) is 8.63. The fourth-order valence-electron chi connectivity index (χ4n) is 2.61. The van der Waals surface area contributed by atoms with E-state index in [4.69, 9.17) is 0 Å². The smallest absolute Gasteiger partial charge is 0.223 e. The summed E-state index contributed by atoms with van der Waals surface area (Å²) in [4.78, 5) is 27.8. The Morgan fingerprint density at radius 3 is 2.68 bits per heavy atom. The number of rotatable bonds is 8. The molecule has 0 atom stereocenters. The van der Waals surface area contributed by atoms with Crippen molar-refractivity contribution < 1.29 is 9.59 Å². The molecule has 0 fully saturated rings. The molecule has 6 heteroatoms. The number of hydrogen-bond donors (Lipinski definition) is 2. The average Bonchev–Trinajstić information content (AvgIpc) is 3.04. The lowest BCUT2D eigenvalue weighted by atomic mass is 10.0. The number of amides is 2. The third-order valence-corrected chi connectivity index (χ3v) is 4.96. The molecule has 25 heavy (non-hydrogen) atoms. The van der Waals surface area contributed by atoms with Crippen molar-refractivity contribution in [1.29, 1.82) is 0 Å². The SMILES string of the molecule is CCC(CC)C(=O)NCCc1csc(-c2cccc(NC(C)=O)c2)n1. The maximum absolute atomic E-state index is 12.0. The van der Waals surface area contributed by atoms with Crippen molar-refractivity contribution in [3.8, 4) is 10.6 Å². The van der Waals surface area contributed by atoms with Gasteiger partial charge >= 0.3 is 0 Å². The molecule has 5 nitrogen and oxygen atoms in total. The van der Waals surface area contributed by atoms with E-state index >= 15 is 0 Å². The zero-order chi connectivity index (χ0) is 18.2. The van der Waals surface area contributed by atoms with Gasteiger partial charge in [0.15, 0.2) is 0 Å². The van der Waals surface area contributed by atoms with E-state index in [0.717, 1.165) is 34.8 Å². The van der Waals surface area contributed by atoms with E-state index in [2.05, 4.69) is 15.6 Å². The second-order valence-corrected chi connectivity index (χ2v) is 6.82. The number of aromatic nitrogens is 1. The van der Waals surface area contributed by atoms with Crippen LogP contribution in [-0.4, -0.2) is 23.3 Å². The number of carbonyl (C=O) groups excluding carboxylic acids is 2. The topological polar surface area (TPSA) is 71.1 Å². The van der Waals surface area contributed by atoms with Crippen LogP contribution in [0, 0.1) is 5.92 Å². The summed E-state index contributed by atoms with van der Waals surface area (Å²) < 4.78 is 0. The number of anilines is 1. The first-order valence-corrected chi connectivity index (χ1v) is 9.51. The third-order valence-electron chi connectivity index (χ3n) is 4.02. The molecule has 0 spiro atoms. The number of hydrogen-bond acceptors (Lipinski definition) is 4. The number of nitrogens with zero attached hydrogens (tertiary/aromatic N) is 1. The van der Waals surface area contributed by atoms with Crippen LogP contribution in [0.4, 0.5) is 5.69 Å². The van der Waals surface area contributed by atoms with Crippen LogP contribution in [0.15, 0.2) is 29.6 Å². The molecule has 2 amide bonds. The van der Waals surface area contributed by atoms with Gasteiger partial charge in [-0.15, -0.1) is 11.3 Å². The summed E-state index contributed by atoms with van der Waals surface area (Å²) in [5.74, 6) is 0.135. The van der Waals surface area contributed by atoms with Crippen LogP contribution in [0.2, 0.25) is 0 Å². The van der Waals surface area contributed by atoms with Gasteiger partial charge in [-0.3, -0.25) is 9.59 Å². The number of nitrogens with one attached hydrogen (secondary N) is 2. The van der Waals surface area contributed by atoms with Gasteiger partial charge in [-0.05, 0) is 25.0 Å². The summed E-state index contributed by atoms with van der Waals surface area (Å²) in [6.45, 7) is 6.17. The van der Waals surface area contributed by atoms with Gasteiger partial charge in [0.2, 0.25) is 11.8 Å². The maximum Gasteiger partial charge on any atom is 0.223 e. The highest BCUT2D eigenvalue weighted by atomic mass is 32.1. The Labute approximate surface area is 152 Å². The van der Waals surface area contributed by atoms with E-state index in [1.165, 1.54) is 6.92 Å². The Morgan fingerprint density at radius 1 is 1.24 bits per heavy atom. The quantitative estimate of drug-likeness (QED) is 0.752. The van der Waals surface area contributed by atoms with Gasteiger partial charge in [-0.2, -0.15) is 0 Å². The molecule has 0 unspecified atom stereocenters. The minimum absolute atomic E-state index is 0.0924. The molecule has 0 saturated carbocycles. The second kappa shape index (κ2) is 9.32. The van der Waals surface area contributed by atoms with Crippen LogP contribution in [0.25, 0.3) is 10.6 Å². The molecule has 1 aromatic carbocycles. The lowest BCUT2D eigenvalue weighted by Gasteiger charge is -2.11. The van der Waals surface area contributed by atoms with Crippen molar-refractivity contribution in [2.24, 2.45) is 5.92 Å². The zero-order valence-electron chi connectivity index (χ0n) is 15.0. The lowest BCUT2D eigenvalue weighted by molar-refractivity contribution is -0.125. The molecule has 0 aliphatic rings. The van der Waals surface area contributed by atoms with E-state index in [-0.39, 0.29) is 17.7 Å². The highest BCUT2D eigenvalue weighted by Crippen LogP contribution is 2.26. The summed E-state index contributed by atoms with van der Waals surface area (Å²) >= 11 is 1.57. The Balaban J connectivity index is 1.94. The van der Waals surface area contributed by atoms with Crippen molar-refractivity contribution in [2.45, 2.75) is 40.0 Å². The summed E-state index contributed by atoms with van der Waals surface area (Å²) in [7, 11) is 0. The van der Waals surface area contributed by atoms with Crippen molar-refractivity contribution in [3.05, 3.63) is 35.3 Å². The van der Waals surface area contributed by atoms with Crippen LogP contribution >= 0.6 is 11.3 Å². The Bertz CT molecular complexity index is 723. The molecule has 2 rings (SSSR count). The van der Waals surface area contributed by atoms with Gasteiger partial charge in [0.1, 0.15) is 5.01 Å². The normalized spacial score (nSPS) is 10.7. The van der Waals surface area contributed by atoms with E-state index in [1.54, 1.807) is 11.3 Å². The fourth-order valence-corrected chi connectivity index (χ4v) is 3.46. The second-order valence-electron chi connectivity index (χ2n) is 5.96. The van der Waals surface area contributed by atoms with Crippen molar-refractivity contribution >= 4 is 28.8 Å². The molecule has 0 saturated heterocycles. The maximum atomic E-state index is 12.0. The van der Waals surface area contributed by atoms with Gasteiger partial charge in [-0.1, -0.05) is 26.0 Å². The number of thiazole rings is 1. The standard InChI is InChI=1S/C19H25N3O2S/c1-4-14(5-2)18(24)20-10-9-17-12-25-19(22-17)15-7-6-8-16(11-15)21-13(3)23/h6-8,11-12,14H,4-5,9-10H2,1-3H3,(H,20,24)(H,21,23). The molecule has 0 aliphatic heterocycles. The van der Waals surface area contributed by atoms with Crippen LogP contribution in [0.3, 0.4) is 0 Å². The Kier molecular flexibility index (Phi) is 7.13. The van der Waals surface area contributed by atoms with Crippen LogP contribution in [0.5, 0.6) is 0 Å². The largest absolute Gasteiger partial charge is 0.355 e. The van der Waals surface area contributed by atoms with Crippen LogP contribution in [0.1, 0.15) is 39.3 Å². The van der Waals surface area contributed by atoms with Gasteiger partial charge in [0.25, 0.3) is 0 Å². The molecular formula is C19H25N3O2S. The van der Waals surface area contributed by atoms with Gasteiger partial charge in [0.05, 0.1) is 5.69 Å². The van der Waals surface area contributed by atoms with Crippen LogP contribution < -0.4 is 10.6 Å². The van der Waals surface area contributed by atoms with E-state index in [0.29, 0.717) is 13.0 Å². The highest BCUT2D eigenvalue weighted by molar-refractivity contribution is 7.13. The van der Waals surface area contributed by atoms with E-state index in [1.807, 2.05) is 43.5 Å². The average molecular weight is 359 g/mol. The van der Waals surface area contributed by atoms with Crippen LogP contribution in [-0.2, 0) is 16.0 Å². The molecule has 1 heterocycles. The van der Waals surface area contributed by atoms with Gasteiger partial charge in [0, 0.05) is 42.4 Å². The first kappa shape index (κ1) is 19.1. The lowest BCUT2D eigenvalue weighted by Crippen LogP contribution is -2.31. The molecule has 1 aromatic heterocycles. The summed E-state index contributed by atoms with van der Waals surface area (Å²) in [5, 5.41) is 8.70. The predicted octanol–water partition coefficient (Wildman–Crippen LogP) is 3.86. The fraction of sp³-hybridized carbons (Fsp3) is 0.421. The molecular weight excluding hydrogens is 334 g/mol. The Hall–Kier alpha value is -2.21. The van der Waals surface area contributed by atoms with Gasteiger partial charge in [-0.25, -0.2) is 4.98 Å². The highest BCUT2D eigenvalue weighted by Gasteiger charge is 2.13. The van der Waals surface area contributed by atoms with E-state index < -0.39 is 0 Å². The van der Waals surface area contributed by atoms with Gasteiger partial charge < -0.3 is 10.6 Å². The number of benzene rings is 1. The van der Waals surface area contributed by atoms with Crippen molar-refractivity contribution in [2.75, 3.05) is 11.9 Å². The molecule has 2 aromatic rings. The predicted molar refractivity (Wildman–Crippen MR) is 103 cm³/mol. The monoisotopic (exact) mass is 359 g/mol. The summed E-state index contributed by atoms with van der Waals surface area (Å²) in [5.41, 5.74) is 2.71. The third kappa shape index (κ3) is 5.67. The molecule has 2 N–H and O–H groups in total.